The average Bonchev–Trinajstić information content (AvgIpc) is 2.01. The molecule has 0 bridgehead atoms. The molecule has 0 amide bonds. The molecule has 0 saturated carbocycles. The number of rotatable bonds is 5. The van der Waals surface area contributed by atoms with Crippen LogP contribution in [-0.2, 0) is 14.8 Å². The molecule has 1 atom stereocenters. The summed E-state index contributed by atoms with van der Waals surface area (Å²) in [5.41, 5.74) is -0.609. The van der Waals surface area contributed by atoms with E-state index in [0.29, 0.717) is 6.42 Å². The summed E-state index contributed by atoms with van der Waals surface area (Å²) in [5.74, 6) is -1.34. The van der Waals surface area contributed by atoms with Gasteiger partial charge in [-0.15, -0.1) is 0 Å². The quantitative estimate of drug-likeness (QED) is 0.713. The molecule has 0 saturated heterocycles. The Kier molecular flexibility index (Phi) is 4.08. The third-order valence-corrected chi connectivity index (χ3v) is 4.09. The Labute approximate surface area is 84.6 Å². The fourth-order valence-corrected chi connectivity index (χ4v) is 2.04. The molecular weight excluding hydrogens is 206 g/mol. The van der Waals surface area contributed by atoms with E-state index in [4.69, 9.17) is 5.11 Å². The fourth-order valence-electron chi connectivity index (χ4n) is 0.678. The Morgan fingerprint density at radius 1 is 1.50 bits per heavy atom. The van der Waals surface area contributed by atoms with Crippen LogP contribution in [0.15, 0.2) is 0 Å². The summed E-state index contributed by atoms with van der Waals surface area (Å²) >= 11 is 0. The number of nitrogens with one attached hydrogen (secondary N) is 1. The monoisotopic (exact) mass is 223 g/mol. The minimum atomic E-state index is -3.78. The van der Waals surface area contributed by atoms with E-state index in [2.05, 4.69) is 4.72 Å². The lowest BCUT2D eigenvalue weighted by atomic mass is 10.0. The minimum Gasteiger partial charge on any atom is -0.480 e. The summed E-state index contributed by atoms with van der Waals surface area (Å²) in [6.07, 6.45) is 0.596. The summed E-state index contributed by atoms with van der Waals surface area (Å²) in [4.78, 5) is 10.5. The second-order valence-electron chi connectivity index (χ2n) is 3.86. The lowest BCUT2D eigenvalue weighted by Crippen LogP contribution is -2.48. The van der Waals surface area contributed by atoms with Crippen molar-refractivity contribution in [3.63, 3.8) is 0 Å². The second-order valence-corrected chi connectivity index (χ2v) is 5.87. The van der Waals surface area contributed by atoms with Crippen LogP contribution in [0.2, 0.25) is 0 Å². The summed E-state index contributed by atoms with van der Waals surface area (Å²) in [6.45, 7) is 6.39. The molecule has 0 radical (unpaired) electrons. The van der Waals surface area contributed by atoms with Crippen molar-refractivity contribution in [2.45, 2.75) is 44.9 Å². The van der Waals surface area contributed by atoms with Gasteiger partial charge in [0.05, 0.1) is 0 Å². The van der Waals surface area contributed by atoms with Gasteiger partial charge < -0.3 is 5.11 Å². The molecule has 0 aliphatic carbocycles. The highest BCUT2D eigenvalue weighted by molar-refractivity contribution is 7.90. The van der Waals surface area contributed by atoms with Crippen molar-refractivity contribution in [2.24, 2.45) is 0 Å². The second kappa shape index (κ2) is 4.27. The predicted molar refractivity (Wildman–Crippen MR) is 53.5 cm³/mol. The van der Waals surface area contributed by atoms with Crippen molar-refractivity contribution in [2.75, 3.05) is 0 Å². The van der Waals surface area contributed by atoms with Crippen molar-refractivity contribution in [1.82, 2.24) is 4.72 Å². The Balaban J connectivity index is 4.75. The molecule has 0 aliphatic heterocycles. The molecule has 0 spiro atoms. The highest BCUT2D eigenvalue weighted by Crippen LogP contribution is 2.11. The maximum Gasteiger partial charge on any atom is 0.323 e. The smallest absolute Gasteiger partial charge is 0.323 e. The first-order chi connectivity index (χ1) is 6.12. The molecular formula is C8H17NO4S. The normalized spacial score (nSPS) is 15.1. The molecule has 0 heterocycles. The van der Waals surface area contributed by atoms with E-state index >= 15 is 0 Å². The Morgan fingerprint density at radius 3 is 2.21 bits per heavy atom. The zero-order valence-corrected chi connectivity index (χ0v) is 9.68. The van der Waals surface area contributed by atoms with Crippen LogP contribution in [0.1, 0.15) is 34.1 Å². The molecule has 84 valence electrons. The third-order valence-electron chi connectivity index (χ3n) is 2.12. The SMILES string of the molecule is CCC(C)(C)NS(=O)(=O)C(C)C(=O)O. The Bertz CT molecular complexity index is 307. The van der Waals surface area contributed by atoms with Crippen molar-refractivity contribution >= 4 is 16.0 Å². The van der Waals surface area contributed by atoms with E-state index < -0.39 is 26.8 Å². The lowest BCUT2D eigenvalue weighted by Gasteiger charge is -2.25. The molecule has 5 nitrogen and oxygen atoms in total. The topological polar surface area (TPSA) is 83.5 Å². The van der Waals surface area contributed by atoms with E-state index in [1.807, 2.05) is 6.92 Å². The third kappa shape index (κ3) is 3.63. The molecule has 2 N–H and O–H groups in total. The lowest BCUT2D eigenvalue weighted by molar-refractivity contribution is -0.136. The van der Waals surface area contributed by atoms with E-state index in [1.54, 1.807) is 13.8 Å². The van der Waals surface area contributed by atoms with Crippen LogP contribution in [-0.4, -0.2) is 30.3 Å². The highest BCUT2D eigenvalue weighted by atomic mass is 32.2. The number of aliphatic carboxylic acids is 1. The van der Waals surface area contributed by atoms with Crippen LogP contribution >= 0.6 is 0 Å². The van der Waals surface area contributed by atoms with Gasteiger partial charge in [-0.2, -0.15) is 0 Å². The summed E-state index contributed by atoms with van der Waals surface area (Å²) < 4.78 is 25.3. The van der Waals surface area contributed by atoms with Crippen molar-refractivity contribution in [3.05, 3.63) is 0 Å². The number of carboxylic acids is 1. The van der Waals surface area contributed by atoms with Crippen LogP contribution in [0, 0.1) is 0 Å². The first-order valence-electron chi connectivity index (χ1n) is 4.38. The standard InChI is InChI=1S/C8H17NO4S/c1-5-8(3,4)9-14(12,13)6(2)7(10)11/h6,9H,5H2,1-4H3,(H,10,11). The average molecular weight is 223 g/mol. The van der Waals surface area contributed by atoms with Crippen LogP contribution in [0.25, 0.3) is 0 Å². The zero-order chi connectivity index (χ0) is 11.6. The zero-order valence-electron chi connectivity index (χ0n) is 8.86. The predicted octanol–water partition coefficient (Wildman–Crippen LogP) is 0.567. The van der Waals surface area contributed by atoms with Crippen LogP contribution in [0.4, 0.5) is 0 Å². The van der Waals surface area contributed by atoms with Crippen molar-refractivity contribution < 1.29 is 18.3 Å². The maximum atomic E-state index is 11.5. The minimum absolute atomic E-state index is 0.596. The van der Waals surface area contributed by atoms with Gasteiger partial charge in [-0.3, -0.25) is 4.79 Å². The van der Waals surface area contributed by atoms with Gasteiger partial charge in [-0.1, -0.05) is 6.92 Å². The van der Waals surface area contributed by atoms with Gasteiger partial charge in [0.1, 0.15) is 0 Å². The molecule has 1 unspecified atom stereocenters. The van der Waals surface area contributed by atoms with Crippen molar-refractivity contribution in [1.29, 1.82) is 0 Å². The number of sulfonamides is 1. The molecule has 0 aromatic carbocycles. The van der Waals surface area contributed by atoms with Gasteiger partial charge in [0.25, 0.3) is 0 Å². The summed E-state index contributed by atoms with van der Waals surface area (Å²) in [6, 6.07) is 0. The van der Waals surface area contributed by atoms with Crippen LogP contribution in [0.3, 0.4) is 0 Å². The van der Waals surface area contributed by atoms with Gasteiger partial charge in [-0.05, 0) is 27.2 Å². The molecule has 0 aliphatic rings. The van der Waals surface area contributed by atoms with Gasteiger partial charge in [-0.25, -0.2) is 13.1 Å². The van der Waals surface area contributed by atoms with Gasteiger partial charge in [0.2, 0.25) is 10.0 Å². The Morgan fingerprint density at radius 2 is 1.93 bits per heavy atom. The van der Waals surface area contributed by atoms with Gasteiger partial charge in [0, 0.05) is 5.54 Å². The molecule has 0 aromatic heterocycles. The number of carboxylic acid groups (broad SMARTS) is 1. The first-order valence-corrected chi connectivity index (χ1v) is 5.92. The molecule has 14 heavy (non-hydrogen) atoms. The number of hydrogen-bond donors (Lipinski definition) is 2. The largest absolute Gasteiger partial charge is 0.480 e. The first kappa shape index (κ1) is 13.4. The van der Waals surface area contributed by atoms with Gasteiger partial charge >= 0.3 is 5.97 Å². The van der Waals surface area contributed by atoms with E-state index in [-0.39, 0.29) is 0 Å². The van der Waals surface area contributed by atoms with Crippen LogP contribution < -0.4 is 4.72 Å². The van der Waals surface area contributed by atoms with Gasteiger partial charge in [0.15, 0.2) is 5.25 Å². The van der Waals surface area contributed by atoms with Crippen LogP contribution in [0.5, 0.6) is 0 Å². The van der Waals surface area contributed by atoms with E-state index in [9.17, 15) is 13.2 Å². The number of hydrogen-bond acceptors (Lipinski definition) is 3. The molecule has 0 rings (SSSR count). The number of carbonyl (C=O) groups is 1. The van der Waals surface area contributed by atoms with E-state index in [0.717, 1.165) is 6.92 Å². The highest BCUT2D eigenvalue weighted by Gasteiger charge is 2.32. The Hall–Kier alpha value is -0.620. The summed E-state index contributed by atoms with van der Waals surface area (Å²) in [5, 5.41) is 7.15. The van der Waals surface area contributed by atoms with Crippen molar-refractivity contribution in [3.8, 4) is 0 Å². The molecule has 0 aromatic rings. The fraction of sp³-hybridized carbons (Fsp3) is 0.875. The molecule has 0 fully saturated rings. The summed E-state index contributed by atoms with van der Waals surface area (Å²) in [7, 11) is -3.78. The molecule has 6 heteroatoms. The maximum absolute atomic E-state index is 11.5. The van der Waals surface area contributed by atoms with E-state index in [1.165, 1.54) is 0 Å².